The zero-order chi connectivity index (χ0) is 17.3. The molecule has 0 saturated carbocycles. The Bertz CT molecular complexity index is 894. The summed E-state index contributed by atoms with van der Waals surface area (Å²) in [6.07, 6.45) is 0. The molecule has 0 aliphatic heterocycles. The van der Waals surface area contributed by atoms with E-state index in [1.807, 2.05) is 45.2 Å². The van der Waals surface area contributed by atoms with E-state index in [2.05, 4.69) is 20.6 Å². The summed E-state index contributed by atoms with van der Waals surface area (Å²) in [6.45, 7) is 3.77. The maximum absolute atomic E-state index is 12.5. The third kappa shape index (κ3) is 2.88. The fraction of sp³-hybridized carbons (Fsp3) is 0.235. The minimum absolute atomic E-state index is 0.254. The number of amides is 1. The van der Waals surface area contributed by atoms with Gasteiger partial charge in [0.2, 0.25) is 0 Å². The summed E-state index contributed by atoms with van der Waals surface area (Å²) in [6, 6.07) is 9.23. The van der Waals surface area contributed by atoms with Crippen LogP contribution in [0, 0.1) is 13.8 Å². The van der Waals surface area contributed by atoms with Gasteiger partial charge >= 0.3 is 0 Å². The number of carbonyl (C=O) groups is 1. The lowest BCUT2D eigenvalue weighted by molar-refractivity contribution is 0.102. The highest BCUT2D eigenvalue weighted by Crippen LogP contribution is 2.23. The zero-order valence-corrected chi connectivity index (χ0v) is 14.0. The molecule has 0 aliphatic rings. The Balaban J connectivity index is 1.83. The molecule has 0 aliphatic carbocycles. The predicted molar refractivity (Wildman–Crippen MR) is 91.2 cm³/mol. The first-order valence-corrected chi connectivity index (χ1v) is 7.51. The van der Waals surface area contributed by atoms with Gasteiger partial charge in [-0.1, -0.05) is 12.1 Å². The first-order valence-electron chi connectivity index (χ1n) is 7.51. The van der Waals surface area contributed by atoms with Crippen molar-refractivity contribution >= 4 is 11.6 Å². The number of H-pyrrole nitrogens is 1. The zero-order valence-electron chi connectivity index (χ0n) is 14.0. The van der Waals surface area contributed by atoms with Crippen molar-refractivity contribution in [3.8, 4) is 17.0 Å². The second-order valence-electron chi connectivity index (χ2n) is 5.52. The second kappa shape index (κ2) is 6.19. The van der Waals surface area contributed by atoms with Crippen LogP contribution in [0.4, 0.5) is 5.69 Å². The number of hydrogen-bond donors (Lipinski definition) is 2. The highest BCUT2D eigenvalue weighted by molar-refractivity contribution is 6.04. The number of benzene rings is 1. The number of ether oxygens (including phenoxy) is 1. The third-order valence-electron chi connectivity index (χ3n) is 3.94. The van der Waals surface area contributed by atoms with E-state index in [0.29, 0.717) is 11.4 Å². The van der Waals surface area contributed by atoms with Gasteiger partial charge in [-0.3, -0.25) is 14.6 Å². The van der Waals surface area contributed by atoms with E-state index in [0.717, 1.165) is 28.4 Å². The van der Waals surface area contributed by atoms with Crippen molar-refractivity contribution in [2.24, 2.45) is 7.05 Å². The number of hydrogen-bond acceptors (Lipinski definition) is 4. The molecule has 0 radical (unpaired) electrons. The predicted octanol–water partition coefficient (Wildman–Crippen LogP) is 2.69. The van der Waals surface area contributed by atoms with Crippen LogP contribution in [0.1, 0.15) is 21.9 Å². The molecule has 7 nitrogen and oxygen atoms in total. The normalized spacial score (nSPS) is 10.7. The molecule has 0 unspecified atom stereocenters. The topological polar surface area (TPSA) is 84.8 Å². The molecule has 2 N–H and O–H groups in total. The number of methoxy groups -OCH3 is 1. The number of aromatic nitrogens is 4. The van der Waals surface area contributed by atoms with E-state index in [-0.39, 0.29) is 5.91 Å². The molecule has 2 aromatic heterocycles. The van der Waals surface area contributed by atoms with Crippen LogP contribution in [-0.2, 0) is 7.05 Å². The molecular weight excluding hydrogens is 306 g/mol. The molecule has 0 fully saturated rings. The van der Waals surface area contributed by atoms with Crippen molar-refractivity contribution in [2.45, 2.75) is 13.8 Å². The molecule has 0 saturated heterocycles. The largest absolute Gasteiger partial charge is 0.497 e. The number of rotatable bonds is 4. The molecule has 0 spiro atoms. The van der Waals surface area contributed by atoms with E-state index in [1.54, 1.807) is 17.9 Å². The summed E-state index contributed by atoms with van der Waals surface area (Å²) in [7, 11) is 3.45. The molecule has 2 heterocycles. The number of nitrogens with zero attached hydrogens (tertiary/aromatic N) is 3. The van der Waals surface area contributed by atoms with Crippen LogP contribution in [0.5, 0.6) is 5.75 Å². The Morgan fingerprint density at radius 3 is 2.75 bits per heavy atom. The Hall–Kier alpha value is -3.09. The van der Waals surface area contributed by atoms with Crippen LogP contribution in [0.25, 0.3) is 11.3 Å². The average Bonchev–Trinajstić information content (AvgIpc) is 3.16. The smallest absolute Gasteiger partial charge is 0.273 e. The molecule has 3 rings (SSSR count). The van der Waals surface area contributed by atoms with Crippen molar-refractivity contribution < 1.29 is 9.53 Å². The highest BCUT2D eigenvalue weighted by Gasteiger charge is 2.16. The second-order valence-corrected chi connectivity index (χ2v) is 5.52. The monoisotopic (exact) mass is 325 g/mol. The molecule has 0 bridgehead atoms. The summed E-state index contributed by atoms with van der Waals surface area (Å²) < 4.78 is 6.95. The Kier molecular flexibility index (Phi) is 4.07. The minimum atomic E-state index is -0.254. The first kappa shape index (κ1) is 15.8. The number of nitrogens with one attached hydrogen (secondary N) is 2. The Labute approximate surface area is 139 Å². The number of aryl methyl sites for hydroxylation is 2. The Morgan fingerprint density at radius 2 is 2.08 bits per heavy atom. The van der Waals surface area contributed by atoms with Crippen LogP contribution in [-0.4, -0.2) is 33.0 Å². The maximum atomic E-state index is 12.5. The molecular formula is C17H19N5O2. The molecule has 3 aromatic rings. The van der Waals surface area contributed by atoms with Gasteiger partial charge in [-0.2, -0.15) is 10.2 Å². The first-order chi connectivity index (χ1) is 11.5. The molecule has 0 atom stereocenters. The maximum Gasteiger partial charge on any atom is 0.273 e. The summed E-state index contributed by atoms with van der Waals surface area (Å²) in [5.41, 5.74) is 4.33. The van der Waals surface area contributed by atoms with E-state index in [1.165, 1.54) is 0 Å². The molecule has 24 heavy (non-hydrogen) atoms. The van der Waals surface area contributed by atoms with E-state index in [9.17, 15) is 4.79 Å². The lowest BCUT2D eigenvalue weighted by Crippen LogP contribution is -2.13. The summed E-state index contributed by atoms with van der Waals surface area (Å²) >= 11 is 0. The van der Waals surface area contributed by atoms with Crippen LogP contribution in [0.15, 0.2) is 30.3 Å². The number of anilines is 1. The van der Waals surface area contributed by atoms with Crippen LogP contribution < -0.4 is 10.1 Å². The number of aromatic amines is 1. The van der Waals surface area contributed by atoms with Gasteiger partial charge in [-0.15, -0.1) is 0 Å². The summed E-state index contributed by atoms with van der Waals surface area (Å²) in [4.78, 5) is 12.5. The van der Waals surface area contributed by atoms with Gasteiger partial charge in [0.15, 0.2) is 0 Å². The minimum Gasteiger partial charge on any atom is -0.497 e. The van der Waals surface area contributed by atoms with Crippen molar-refractivity contribution in [2.75, 3.05) is 12.4 Å². The lowest BCUT2D eigenvalue weighted by atomic mass is 10.1. The van der Waals surface area contributed by atoms with Crippen LogP contribution in [0.2, 0.25) is 0 Å². The van der Waals surface area contributed by atoms with Gasteiger partial charge in [0.1, 0.15) is 11.4 Å². The fourth-order valence-electron chi connectivity index (χ4n) is 2.50. The fourth-order valence-corrected chi connectivity index (χ4v) is 2.50. The van der Waals surface area contributed by atoms with Gasteiger partial charge in [0.05, 0.1) is 29.9 Å². The molecule has 7 heteroatoms. The van der Waals surface area contributed by atoms with Crippen LogP contribution >= 0.6 is 0 Å². The van der Waals surface area contributed by atoms with Gasteiger partial charge in [0, 0.05) is 12.6 Å². The van der Waals surface area contributed by atoms with Gasteiger partial charge in [0.25, 0.3) is 5.91 Å². The van der Waals surface area contributed by atoms with E-state index >= 15 is 0 Å². The van der Waals surface area contributed by atoms with Crippen molar-refractivity contribution in [1.29, 1.82) is 0 Å². The lowest BCUT2D eigenvalue weighted by Gasteiger charge is -2.03. The van der Waals surface area contributed by atoms with Crippen molar-refractivity contribution in [1.82, 2.24) is 20.0 Å². The average molecular weight is 325 g/mol. The Morgan fingerprint density at radius 1 is 1.29 bits per heavy atom. The summed E-state index contributed by atoms with van der Waals surface area (Å²) in [5.74, 6) is 0.485. The van der Waals surface area contributed by atoms with Gasteiger partial charge < -0.3 is 10.1 Å². The van der Waals surface area contributed by atoms with Gasteiger partial charge in [-0.05, 0) is 32.0 Å². The third-order valence-corrected chi connectivity index (χ3v) is 3.94. The van der Waals surface area contributed by atoms with E-state index in [4.69, 9.17) is 4.74 Å². The molecule has 1 amide bonds. The summed E-state index contributed by atoms with van der Waals surface area (Å²) in [5, 5.41) is 14.2. The SMILES string of the molecule is COc1cccc(-c2cc(C(=O)Nc3c(C)nn(C)c3C)[nH]n2)c1. The molecule has 124 valence electrons. The van der Waals surface area contributed by atoms with Crippen LogP contribution in [0.3, 0.4) is 0 Å². The number of carbonyl (C=O) groups excluding carboxylic acids is 1. The highest BCUT2D eigenvalue weighted by atomic mass is 16.5. The molecule has 1 aromatic carbocycles. The van der Waals surface area contributed by atoms with Crippen molar-refractivity contribution in [3.63, 3.8) is 0 Å². The standard InChI is InChI=1S/C17H19N5O2/c1-10-16(11(2)22(3)21-10)18-17(23)15-9-14(19-20-15)12-6-5-7-13(8-12)24-4/h5-9H,1-4H3,(H,18,23)(H,19,20). The quantitative estimate of drug-likeness (QED) is 0.772. The van der Waals surface area contributed by atoms with Crippen molar-refractivity contribution in [3.05, 3.63) is 47.4 Å². The van der Waals surface area contributed by atoms with Gasteiger partial charge in [-0.25, -0.2) is 0 Å². The van der Waals surface area contributed by atoms with E-state index < -0.39 is 0 Å².